The molecule has 286 valence electrons. The quantitative estimate of drug-likeness (QED) is 0.0371. The van der Waals surface area contributed by atoms with Gasteiger partial charge in [0.15, 0.2) is 0 Å². The van der Waals surface area contributed by atoms with Gasteiger partial charge in [-0.15, -0.1) is 0 Å². The Labute approximate surface area is 307 Å². The maximum absolute atomic E-state index is 12.8. The third-order valence-corrected chi connectivity index (χ3v) is 9.71. The molecule has 0 aromatic carbocycles. The number of ether oxygens (including phenoxy) is 1. The van der Waals surface area contributed by atoms with Crippen LogP contribution in [-0.4, -0.2) is 36.1 Å². The largest absolute Gasteiger partial charge is 0.462 e. The Kier molecular flexibility index (Phi) is 37.9. The first-order valence-electron chi connectivity index (χ1n) is 21.6. The van der Waals surface area contributed by atoms with Crippen molar-refractivity contribution in [1.29, 1.82) is 0 Å². The van der Waals surface area contributed by atoms with Gasteiger partial charge in [0.05, 0.1) is 0 Å². The first kappa shape index (κ1) is 47.4. The second-order valence-electron chi connectivity index (χ2n) is 14.7. The van der Waals surface area contributed by atoms with Crippen LogP contribution in [-0.2, 0) is 9.53 Å². The lowest BCUT2D eigenvalue weighted by Crippen LogP contribution is -2.32. The van der Waals surface area contributed by atoms with Crippen molar-refractivity contribution < 1.29 is 9.53 Å². The van der Waals surface area contributed by atoms with E-state index >= 15 is 0 Å². The number of carbonyl (C=O) groups excluding carboxylic acids is 1. The molecular weight excluding hydrogens is 599 g/mol. The summed E-state index contributed by atoms with van der Waals surface area (Å²) in [6.45, 7) is 13.2. The Hall–Kier alpha value is -1.61. The first-order valence-corrected chi connectivity index (χ1v) is 21.6. The fourth-order valence-corrected chi connectivity index (χ4v) is 6.44. The maximum Gasteiger partial charge on any atom is 0.306 e. The van der Waals surface area contributed by atoms with Crippen molar-refractivity contribution in [2.75, 3.05) is 13.1 Å². The highest BCUT2D eigenvalue weighted by atomic mass is 16.5. The van der Waals surface area contributed by atoms with Crippen molar-refractivity contribution in [3.8, 4) is 0 Å². The van der Waals surface area contributed by atoms with Gasteiger partial charge >= 0.3 is 5.97 Å². The van der Waals surface area contributed by atoms with Crippen molar-refractivity contribution in [2.45, 2.75) is 227 Å². The van der Waals surface area contributed by atoms with E-state index in [9.17, 15) is 4.79 Å². The average Bonchev–Trinajstić information content (AvgIpc) is 3.09. The van der Waals surface area contributed by atoms with Crippen molar-refractivity contribution >= 4 is 5.97 Å². The van der Waals surface area contributed by atoms with Crippen LogP contribution < -0.4 is 0 Å². The monoisotopic (exact) mass is 684 g/mol. The minimum atomic E-state index is 0.0184. The van der Waals surface area contributed by atoms with E-state index in [1.807, 2.05) is 0 Å². The fraction of sp³-hybridized carbons (Fsp3) is 0.804. The SMILES string of the molecule is CCCCC/C=C\C/C=C\CCCCCCCCC(CCCCCCCC/C=C\C/C=C\CCCCC)OC(=O)CCCN(CC)C(C)C. The minimum absolute atomic E-state index is 0.0184. The summed E-state index contributed by atoms with van der Waals surface area (Å²) < 4.78 is 6.09. The topological polar surface area (TPSA) is 29.5 Å². The number of nitrogens with zero attached hydrogens (tertiary/aromatic N) is 1. The van der Waals surface area contributed by atoms with Crippen molar-refractivity contribution in [3.05, 3.63) is 48.6 Å². The second-order valence-corrected chi connectivity index (χ2v) is 14.7. The van der Waals surface area contributed by atoms with Crippen LogP contribution >= 0.6 is 0 Å². The molecule has 0 bridgehead atoms. The molecule has 0 heterocycles. The highest BCUT2D eigenvalue weighted by Crippen LogP contribution is 2.18. The molecule has 0 rings (SSSR count). The van der Waals surface area contributed by atoms with Gasteiger partial charge in [0.2, 0.25) is 0 Å². The summed E-state index contributed by atoms with van der Waals surface area (Å²) in [7, 11) is 0. The molecule has 0 aromatic heterocycles. The van der Waals surface area contributed by atoms with Crippen LogP contribution in [0.15, 0.2) is 48.6 Å². The van der Waals surface area contributed by atoms with E-state index in [1.54, 1.807) is 0 Å². The average molecular weight is 684 g/mol. The number of carbonyl (C=O) groups is 1. The minimum Gasteiger partial charge on any atom is -0.462 e. The van der Waals surface area contributed by atoms with E-state index in [4.69, 9.17) is 4.74 Å². The van der Waals surface area contributed by atoms with Crippen LogP contribution in [0.4, 0.5) is 0 Å². The van der Waals surface area contributed by atoms with Gasteiger partial charge in [-0.1, -0.05) is 146 Å². The lowest BCUT2D eigenvalue weighted by molar-refractivity contribution is -0.150. The highest BCUT2D eigenvalue weighted by molar-refractivity contribution is 5.69. The molecule has 49 heavy (non-hydrogen) atoms. The smallest absolute Gasteiger partial charge is 0.306 e. The van der Waals surface area contributed by atoms with Crippen LogP contribution in [0.3, 0.4) is 0 Å². The third-order valence-electron chi connectivity index (χ3n) is 9.71. The highest BCUT2D eigenvalue weighted by Gasteiger charge is 2.15. The number of hydrogen-bond acceptors (Lipinski definition) is 3. The lowest BCUT2D eigenvalue weighted by atomic mass is 10.0. The third kappa shape index (κ3) is 36.0. The van der Waals surface area contributed by atoms with Gasteiger partial charge in [0.1, 0.15) is 6.10 Å². The summed E-state index contributed by atoms with van der Waals surface area (Å²) in [6, 6.07) is 0.529. The molecule has 0 radical (unpaired) electrons. The number of esters is 1. The first-order chi connectivity index (χ1) is 24.0. The van der Waals surface area contributed by atoms with Gasteiger partial charge in [-0.25, -0.2) is 0 Å². The van der Waals surface area contributed by atoms with E-state index < -0.39 is 0 Å². The van der Waals surface area contributed by atoms with Crippen LogP contribution in [0.5, 0.6) is 0 Å². The summed E-state index contributed by atoms with van der Waals surface area (Å²) in [5, 5.41) is 0. The molecule has 0 fully saturated rings. The Bertz CT molecular complexity index is 747. The number of rotatable bonds is 37. The van der Waals surface area contributed by atoms with Crippen LogP contribution in [0.25, 0.3) is 0 Å². The molecule has 0 unspecified atom stereocenters. The fourth-order valence-electron chi connectivity index (χ4n) is 6.44. The zero-order valence-electron chi connectivity index (χ0n) is 33.8. The Morgan fingerprint density at radius 3 is 1.29 bits per heavy atom. The summed E-state index contributed by atoms with van der Waals surface area (Å²) in [5.41, 5.74) is 0. The van der Waals surface area contributed by atoms with Crippen LogP contribution in [0.2, 0.25) is 0 Å². The van der Waals surface area contributed by atoms with E-state index in [2.05, 4.69) is 88.1 Å². The summed E-state index contributed by atoms with van der Waals surface area (Å²) in [5.74, 6) is 0.0184. The maximum atomic E-state index is 12.8. The second kappa shape index (κ2) is 39.2. The predicted molar refractivity (Wildman–Crippen MR) is 219 cm³/mol. The van der Waals surface area contributed by atoms with Crippen molar-refractivity contribution in [3.63, 3.8) is 0 Å². The van der Waals surface area contributed by atoms with Crippen LogP contribution in [0, 0.1) is 0 Å². The van der Waals surface area contributed by atoms with E-state index in [0.29, 0.717) is 12.5 Å². The van der Waals surface area contributed by atoms with Crippen LogP contribution in [0.1, 0.15) is 214 Å². The molecule has 0 saturated heterocycles. The molecule has 0 atom stereocenters. The van der Waals surface area contributed by atoms with Gasteiger partial charge in [-0.3, -0.25) is 4.79 Å². The van der Waals surface area contributed by atoms with Gasteiger partial charge in [0, 0.05) is 12.5 Å². The molecule has 0 N–H and O–H groups in total. The lowest BCUT2D eigenvalue weighted by Gasteiger charge is -2.24. The number of unbranched alkanes of at least 4 members (excludes halogenated alkanes) is 18. The molecule has 0 aliphatic rings. The molecule has 0 spiro atoms. The normalized spacial score (nSPS) is 12.5. The molecule has 0 amide bonds. The molecule has 3 heteroatoms. The van der Waals surface area contributed by atoms with Crippen molar-refractivity contribution in [2.24, 2.45) is 0 Å². The summed E-state index contributed by atoms with van der Waals surface area (Å²) in [4.78, 5) is 15.2. The molecule has 0 saturated carbocycles. The summed E-state index contributed by atoms with van der Waals surface area (Å²) >= 11 is 0. The standard InChI is InChI=1S/C46H85NO2/c1-6-9-11-13-15-17-19-21-23-25-27-29-31-33-35-37-40-45(49-46(48)42-39-43-47(8-3)44(4)5)41-38-36-34-32-30-28-26-24-22-20-18-16-14-12-10-7-2/h15-18,21-24,44-45H,6-14,19-20,25-43H2,1-5H3/b17-15-,18-16-,23-21-,24-22-. The predicted octanol–water partition coefficient (Wildman–Crippen LogP) is 14.8. The molecule has 0 aliphatic carbocycles. The molecule has 0 aliphatic heterocycles. The van der Waals surface area contributed by atoms with Gasteiger partial charge in [-0.2, -0.15) is 0 Å². The number of allylic oxidation sites excluding steroid dienone is 8. The molecule has 3 nitrogen and oxygen atoms in total. The van der Waals surface area contributed by atoms with Crippen molar-refractivity contribution in [1.82, 2.24) is 4.90 Å². The Morgan fingerprint density at radius 2 is 0.898 bits per heavy atom. The van der Waals surface area contributed by atoms with Gasteiger partial charge < -0.3 is 9.64 Å². The van der Waals surface area contributed by atoms with E-state index in [1.165, 1.54) is 141 Å². The Morgan fingerprint density at radius 1 is 0.510 bits per heavy atom. The molecule has 0 aromatic rings. The zero-order valence-corrected chi connectivity index (χ0v) is 33.8. The Balaban J connectivity index is 4.20. The van der Waals surface area contributed by atoms with Gasteiger partial charge in [-0.05, 0) is 123 Å². The summed E-state index contributed by atoms with van der Waals surface area (Å²) in [6.07, 6.45) is 52.8. The van der Waals surface area contributed by atoms with E-state index in [-0.39, 0.29) is 12.1 Å². The zero-order chi connectivity index (χ0) is 35.9. The van der Waals surface area contributed by atoms with Gasteiger partial charge in [0.25, 0.3) is 0 Å². The van der Waals surface area contributed by atoms with E-state index in [0.717, 1.165) is 45.2 Å². The molecular formula is C46H85NO2. The number of hydrogen-bond donors (Lipinski definition) is 0.